The van der Waals surface area contributed by atoms with Crippen LogP contribution in [0.4, 0.5) is 66.2 Å². The van der Waals surface area contributed by atoms with Gasteiger partial charge in [0.25, 0.3) is 0 Å². The molecule has 0 aliphatic carbocycles. The number of rotatable bonds is 24. The summed E-state index contributed by atoms with van der Waals surface area (Å²) >= 11 is 36.7. The first kappa shape index (κ1) is 85.7. The van der Waals surface area contributed by atoms with Gasteiger partial charge in [-0.25, -0.2) is 48.7 Å². The van der Waals surface area contributed by atoms with Gasteiger partial charge >= 0.3 is 0 Å². The number of Topliss-reactive ketones (excluding diaryl/α,β-unsaturated/α-hetero) is 1. The highest BCUT2D eigenvalue weighted by Crippen LogP contribution is 2.35. The van der Waals surface area contributed by atoms with Crippen molar-refractivity contribution in [2.45, 2.75) is 65.2 Å². The van der Waals surface area contributed by atoms with Crippen molar-refractivity contribution in [3.8, 4) is 11.5 Å². The second-order valence-electron chi connectivity index (χ2n) is 22.9. The molecule has 0 spiro atoms. The molecule has 0 radical (unpaired) electrons. The molecule has 0 saturated heterocycles. The van der Waals surface area contributed by atoms with Gasteiger partial charge in [0, 0.05) is 114 Å². The maximum absolute atomic E-state index is 13.4. The summed E-state index contributed by atoms with van der Waals surface area (Å²) in [5.41, 5.74) is 20.8. The number of nitrogens with zero attached hydrogens (tertiary/aromatic N) is 8. The first-order valence-electron chi connectivity index (χ1n) is 33.0. The summed E-state index contributed by atoms with van der Waals surface area (Å²) in [4.78, 5) is 78.2. The summed E-state index contributed by atoms with van der Waals surface area (Å²) in [6, 6.07) is 43.1. The van der Waals surface area contributed by atoms with Gasteiger partial charge in [-0.2, -0.15) is 0 Å². The van der Waals surface area contributed by atoms with Gasteiger partial charge in [-0.05, 0) is 175 Å². The molecule has 30 heteroatoms. The number of aromatic nitrogens is 8. The number of nitrogens with two attached hydrogens (primary N) is 2. The summed E-state index contributed by atoms with van der Waals surface area (Å²) in [5, 5.41) is 16.1. The number of nitrogen functional groups attached to an aromatic ring is 2. The van der Waals surface area contributed by atoms with Crippen LogP contribution in [-0.2, 0) is 32.0 Å². The largest absolute Gasteiger partial charge is 0.496 e. The van der Waals surface area contributed by atoms with Crippen LogP contribution in [0.15, 0.2) is 204 Å². The standard InChI is InChI=1S/C21H19ClFN3O2.C20H20BrN3O.C15H12ClFN4O.C14H11BrN4.C4H4BrClO.C4H6Cl2O/c1-3-4-5-15(27)8-13-9-16-19(11-20(13)28-2)24-12-25-21(16)26-14-6-7-18(23)17(22)10-14;1-2-3-7-17(25)10-14-8-9-19-18(11-14)20(23-13-22-19)24-16-6-4-5-15(21)12-16;1-22-14-6-13-9(5-12(14)18)15(20-7-19-13)21-8-2-3-11(17)10(16)4-8;15-9-2-1-3-11(6-9)19-14-12-7-10(16)4-5-13(12)17-8-18-14;2*5-3-1-2-4(6)7/h4-7,9-12H,3,8H2,1-2H3,(H,24,25,26);4-6,8-9,11-13H,2-3,7,10H2,1H3,(H,22,23,24);2-7H,18H2,1H3,(H,19,20,21);1-8H,16H2,(H,17,18,19);1-2H,3H2;1-3H2/b5-4+;;;;2-1+;. The monoisotopic (exact) mass is 1750 g/mol. The number of halogens is 10. The first-order chi connectivity index (χ1) is 52.0. The number of allylic oxidation sites excluding steroid dienone is 4. The molecule has 12 rings (SSSR count). The molecule has 4 heterocycles. The Labute approximate surface area is 672 Å². The molecule has 4 aromatic heterocycles. The zero-order chi connectivity index (χ0) is 78.1. The lowest BCUT2D eigenvalue weighted by Crippen LogP contribution is -2.03. The van der Waals surface area contributed by atoms with Crippen molar-refractivity contribution in [1.29, 1.82) is 0 Å². The van der Waals surface area contributed by atoms with Crippen LogP contribution in [0.1, 0.15) is 63.5 Å². The highest BCUT2D eigenvalue weighted by molar-refractivity contribution is 9.10. The lowest BCUT2D eigenvalue weighted by molar-refractivity contribution is -0.118. The average Bonchev–Trinajstić information content (AvgIpc) is 0.808. The fourth-order valence-corrected chi connectivity index (χ4v) is 11.5. The highest BCUT2D eigenvalue weighted by atomic mass is 79.9. The number of ketones is 2. The fraction of sp³-hybridized carbons (Fsp3) is 0.179. The summed E-state index contributed by atoms with van der Waals surface area (Å²) in [7, 11) is 3.09. The van der Waals surface area contributed by atoms with Crippen molar-refractivity contribution < 1.29 is 37.4 Å². The number of unbranched alkanes of at least 4 members (excludes halogenated alkanes) is 1. The van der Waals surface area contributed by atoms with Gasteiger partial charge in [0.1, 0.15) is 77.5 Å². The van der Waals surface area contributed by atoms with Crippen LogP contribution < -0.4 is 42.2 Å². The van der Waals surface area contributed by atoms with E-state index in [9.17, 15) is 28.0 Å². The van der Waals surface area contributed by atoms with E-state index in [1.807, 2.05) is 104 Å². The number of fused-ring (bicyclic) bond motifs is 4. The van der Waals surface area contributed by atoms with Crippen molar-refractivity contribution in [2.75, 3.05) is 58.2 Å². The first-order valence-corrected chi connectivity index (χ1v) is 37.8. The number of nitrogens with one attached hydrogen (secondary N) is 4. The molecule has 0 atom stereocenters. The molecule has 0 unspecified atom stereocenters. The Balaban J connectivity index is 0.000000190. The van der Waals surface area contributed by atoms with E-state index < -0.39 is 16.9 Å². The van der Waals surface area contributed by atoms with Crippen LogP contribution in [-0.4, -0.2) is 87.4 Å². The van der Waals surface area contributed by atoms with Gasteiger partial charge < -0.3 is 42.2 Å². The molecule has 0 aliphatic heterocycles. The quantitative estimate of drug-likeness (QED) is 0.0142. The predicted molar refractivity (Wildman–Crippen MR) is 445 cm³/mol. The maximum Gasteiger partial charge on any atom is 0.244 e. The van der Waals surface area contributed by atoms with E-state index in [4.69, 9.17) is 78.9 Å². The maximum atomic E-state index is 13.4. The molecule has 8 aromatic carbocycles. The zero-order valence-electron chi connectivity index (χ0n) is 58.5. The average molecular weight is 1760 g/mol. The third kappa shape index (κ3) is 27.6. The molecule has 0 amide bonds. The predicted octanol–water partition coefficient (Wildman–Crippen LogP) is 21.6. The molecule has 108 heavy (non-hydrogen) atoms. The second-order valence-corrected chi connectivity index (χ2v) is 27.3. The normalized spacial score (nSPS) is 10.6. The van der Waals surface area contributed by atoms with E-state index in [0.29, 0.717) is 99.2 Å². The molecular formula is C78H72Br3Cl5F2N14O6. The minimum atomic E-state index is -0.495. The van der Waals surface area contributed by atoms with Crippen LogP contribution in [0.25, 0.3) is 43.6 Å². The lowest BCUT2D eigenvalue weighted by atomic mass is 10.0. The summed E-state index contributed by atoms with van der Waals surface area (Å²) in [5.74, 6) is 3.48. The lowest BCUT2D eigenvalue weighted by Gasteiger charge is -2.12. The van der Waals surface area contributed by atoms with Crippen LogP contribution in [0.5, 0.6) is 11.5 Å². The molecular weight excluding hydrogens is 1680 g/mol. The molecule has 0 saturated carbocycles. The van der Waals surface area contributed by atoms with Crippen molar-refractivity contribution in [3.05, 3.63) is 237 Å². The van der Waals surface area contributed by atoms with Crippen LogP contribution in [0.3, 0.4) is 0 Å². The molecule has 12 aromatic rings. The number of ether oxygens (including phenoxy) is 2. The highest BCUT2D eigenvalue weighted by Gasteiger charge is 2.16. The van der Waals surface area contributed by atoms with Gasteiger partial charge in [-0.3, -0.25) is 19.2 Å². The Kier molecular flexibility index (Phi) is 35.4. The number of carbonyl (C=O) groups excluding carboxylic acids is 4. The summed E-state index contributed by atoms with van der Waals surface area (Å²) < 4.78 is 39.2. The number of anilines is 10. The van der Waals surface area contributed by atoms with Gasteiger partial charge in [-0.1, -0.05) is 122 Å². The number of benzene rings is 8. The third-order valence-electron chi connectivity index (χ3n) is 14.9. The summed E-state index contributed by atoms with van der Waals surface area (Å²) in [6.45, 7) is 4.07. The van der Waals surface area contributed by atoms with Crippen molar-refractivity contribution in [3.63, 3.8) is 0 Å². The number of methoxy groups -OCH3 is 2. The molecule has 0 bridgehead atoms. The molecule has 8 N–H and O–H groups in total. The Morgan fingerprint density at radius 2 is 1.00 bits per heavy atom. The number of alkyl halides is 2. The van der Waals surface area contributed by atoms with Crippen LogP contribution in [0, 0.1) is 11.6 Å². The Hall–Kier alpha value is -9.57. The van der Waals surface area contributed by atoms with Crippen molar-refractivity contribution in [1.82, 2.24) is 39.9 Å². The smallest absolute Gasteiger partial charge is 0.244 e. The van der Waals surface area contributed by atoms with Gasteiger partial charge in [0.15, 0.2) is 5.78 Å². The van der Waals surface area contributed by atoms with Gasteiger partial charge in [0.05, 0.1) is 52.0 Å². The Morgan fingerprint density at radius 1 is 0.519 bits per heavy atom. The number of carbonyl (C=O) groups is 4. The van der Waals surface area contributed by atoms with Crippen molar-refractivity contribution >= 4 is 229 Å². The number of hydrogen-bond acceptors (Lipinski definition) is 20. The van der Waals surface area contributed by atoms with Crippen LogP contribution >= 0.6 is 106 Å². The Morgan fingerprint density at radius 3 is 1.44 bits per heavy atom. The van der Waals surface area contributed by atoms with Crippen molar-refractivity contribution in [2.24, 2.45) is 0 Å². The fourth-order valence-electron chi connectivity index (χ4n) is 9.78. The van der Waals surface area contributed by atoms with Crippen LogP contribution in [0.2, 0.25) is 10.0 Å². The summed E-state index contributed by atoms with van der Waals surface area (Å²) in [6.07, 6.45) is 17.4. The van der Waals surface area contributed by atoms with E-state index in [0.717, 1.165) is 89.5 Å². The SMILES string of the molecule is CC/C=C/C(=O)Cc1cc2c(Nc3ccc(F)c(Cl)c3)ncnc2cc1OC.CCCCC(=O)Cc1ccc2ncnc(Nc3cccc(Br)c3)c2c1.COc1cc2ncnc(Nc3ccc(F)c(Cl)c3)c2cc1N.Nc1ccc2ncnc(Nc3cccc(Br)c3)c2c1.O=C(Cl)/C=C/CBr.O=C(Cl)CCCCl. The zero-order valence-corrected chi connectivity index (χ0v) is 67.0. The minimum absolute atomic E-state index is 0.0130. The molecule has 0 aliphatic rings. The molecule has 0 fully saturated rings. The molecule has 20 nitrogen and oxygen atoms in total. The van der Waals surface area contributed by atoms with E-state index in [1.54, 1.807) is 69.4 Å². The minimum Gasteiger partial charge on any atom is -0.496 e. The van der Waals surface area contributed by atoms with E-state index in [1.165, 1.54) is 43.0 Å². The van der Waals surface area contributed by atoms with Gasteiger partial charge in [-0.15, -0.1) is 11.6 Å². The number of hydrogen-bond donors (Lipinski definition) is 6. The van der Waals surface area contributed by atoms with E-state index >= 15 is 0 Å². The van der Waals surface area contributed by atoms with E-state index in [-0.39, 0.29) is 33.3 Å². The van der Waals surface area contributed by atoms with Gasteiger partial charge in [0.2, 0.25) is 10.5 Å². The second kappa shape index (κ2) is 44.7. The molecule has 560 valence electrons. The Bertz CT molecular complexity index is 5160. The topological polar surface area (TPSA) is 290 Å². The van der Waals surface area contributed by atoms with E-state index in [2.05, 4.69) is 116 Å². The third-order valence-corrected chi connectivity index (χ3v) is 17.4.